The zero-order valence-electron chi connectivity index (χ0n) is 9.14. The van der Waals surface area contributed by atoms with Gasteiger partial charge in [-0.05, 0) is 25.0 Å². The fraction of sp³-hybridized carbons (Fsp3) is 0.250. The van der Waals surface area contributed by atoms with Crippen LogP contribution in [-0.2, 0) is 6.42 Å². The smallest absolute Gasteiger partial charge is 0.161 e. The first-order chi connectivity index (χ1) is 7.54. The molecule has 84 valence electrons. The second-order valence-electron chi connectivity index (χ2n) is 3.73. The minimum Gasteiger partial charge on any atom is -0.398 e. The lowest BCUT2D eigenvalue weighted by atomic mass is 10.0. The molecule has 0 fully saturated rings. The van der Waals surface area contributed by atoms with Crippen LogP contribution in [0.2, 0.25) is 0 Å². The van der Waals surface area contributed by atoms with Crippen LogP contribution in [-0.4, -0.2) is 4.98 Å². The molecule has 0 aliphatic carbocycles. The van der Waals surface area contributed by atoms with E-state index in [9.17, 15) is 8.78 Å². The number of nitrogens with zero attached hydrogens (tertiary/aromatic N) is 1. The summed E-state index contributed by atoms with van der Waals surface area (Å²) in [6.07, 6.45) is 0.722. The molecule has 0 saturated carbocycles. The lowest BCUT2D eigenvalue weighted by molar-refractivity contribution is 0.510. The third kappa shape index (κ3) is 1.50. The summed E-state index contributed by atoms with van der Waals surface area (Å²) in [5.74, 6) is -1.80. The third-order valence-corrected chi connectivity index (χ3v) is 2.73. The number of aryl methyl sites for hydroxylation is 1. The molecule has 0 unspecified atom stereocenters. The van der Waals surface area contributed by atoms with Crippen LogP contribution < -0.4 is 5.73 Å². The molecule has 0 bridgehead atoms. The number of hydrogen-bond acceptors (Lipinski definition) is 2. The number of nitrogens with two attached hydrogens (primary N) is 1. The Morgan fingerprint density at radius 1 is 1.25 bits per heavy atom. The van der Waals surface area contributed by atoms with Crippen LogP contribution in [0.15, 0.2) is 12.1 Å². The van der Waals surface area contributed by atoms with Crippen molar-refractivity contribution < 1.29 is 8.78 Å². The van der Waals surface area contributed by atoms with Gasteiger partial charge in [-0.15, -0.1) is 0 Å². The van der Waals surface area contributed by atoms with Gasteiger partial charge in [-0.2, -0.15) is 0 Å². The van der Waals surface area contributed by atoms with Crippen LogP contribution in [0.25, 0.3) is 10.9 Å². The van der Waals surface area contributed by atoms with E-state index in [0.717, 1.165) is 29.8 Å². The highest BCUT2D eigenvalue weighted by Gasteiger charge is 2.12. The van der Waals surface area contributed by atoms with Crippen molar-refractivity contribution in [2.45, 2.75) is 20.3 Å². The SMILES string of the molecule is CCc1c(C)nc2cc(F)c(F)cc2c1N. The van der Waals surface area contributed by atoms with E-state index < -0.39 is 11.6 Å². The molecule has 1 aromatic heterocycles. The van der Waals surface area contributed by atoms with Gasteiger partial charge in [0.2, 0.25) is 0 Å². The van der Waals surface area contributed by atoms with E-state index in [2.05, 4.69) is 4.98 Å². The topological polar surface area (TPSA) is 38.9 Å². The van der Waals surface area contributed by atoms with Crippen LogP contribution in [0.4, 0.5) is 14.5 Å². The number of hydrogen-bond donors (Lipinski definition) is 1. The van der Waals surface area contributed by atoms with Gasteiger partial charge in [-0.25, -0.2) is 8.78 Å². The first-order valence-corrected chi connectivity index (χ1v) is 5.08. The Kier molecular flexibility index (Phi) is 2.50. The van der Waals surface area contributed by atoms with Crippen molar-refractivity contribution in [3.63, 3.8) is 0 Å². The molecule has 2 rings (SSSR count). The van der Waals surface area contributed by atoms with Crippen molar-refractivity contribution in [1.82, 2.24) is 4.98 Å². The number of nitrogen functional groups attached to an aromatic ring is 1. The van der Waals surface area contributed by atoms with Gasteiger partial charge in [-0.3, -0.25) is 4.98 Å². The molecule has 0 atom stereocenters. The van der Waals surface area contributed by atoms with Gasteiger partial charge in [0.05, 0.1) is 5.52 Å². The van der Waals surface area contributed by atoms with E-state index in [-0.39, 0.29) is 0 Å². The molecule has 2 aromatic rings. The highest BCUT2D eigenvalue weighted by molar-refractivity contribution is 5.92. The van der Waals surface area contributed by atoms with E-state index in [1.165, 1.54) is 0 Å². The Bertz CT molecular complexity index is 565. The fourth-order valence-corrected chi connectivity index (χ4v) is 1.90. The first-order valence-electron chi connectivity index (χ1n) is 5.08. The lowest BCUT2D eigenvalue weighted by Crippen LogP contribution is -2.01. The van der Waals surface area contributed by atoms with Crippen molar-refractivity contribution in [1.29, 1.82) is 0 Å². The summed E-state index contributed by atoms with van der Waals surface area (Å²) in [6, 6.07) is 2.18. The average Bonchev–Trinajstić information content (AvgIpc) is 2.22. The Labute approximate surface area is 92.1 Å². The van der Waals surface area contributed by atoms with Crippen molar-refractivity contribution in [3.8, 4) is 0 Å². The normalized spacial score (nSPS) is 11.0. The molecule has 16 heavy (non-hydrogen) atoms. The molecule has 0 aliphatic rings. The van der Waals surface area contributed by atoms with Gasteiger partial charge >= 0.3 is 0 Å². The molecule has 1 aromatic carbocycles. The highest BCUT2D eigenvalue weighted by Crippen LogP contribution is 2.27. The Morgan fingerprint density at radius 2 is 1.88 bits per heavy atom. The van der Waals surface area contributed by atoms with Crippen LogP contribution in [0.3, 0.4) is 0 Å². The van der Waals surface area contributed by atoms with Gasteiger partial charge in [0, 0.05) is 22.8 Å². The summed E-state index contributed by atoms with van der Waals surface area (Å²) in [5.41, 5.74) is 8.45. The van der Waals surface area contributed by atoms with Gasteiger partial charge in [-0.1, -0.05) is 6.92 Å². The minimum absolute atomic E-state index is 0.395. The molecule has 2 N–H and O–H groups in total. The maximum Gasteiger partial charge on any atom is 0.161 e. The van der Waals surface area contributed by atoms with Crippen LogP contribution in [0.5, 0.6) is 0 Å². The maximum atomic E-state index is 13.1. The molecular weight excluding hydrogens is 210 g/mol. The summed E-state index contributed by atoms with van der Waals surface area (Å²) in [7, 11) is 0. The molecule has 4 heteroatoms. The van der Waals surface area contributed by atoms with Crippen molar-refractivity contribution in [3.05, 3.63) is 35.0 Å². The predicted molar refractivity (Wildman–Crippen MR) is 60.2 cm³/mol. The molecule has 0 radical (unpaired) electrons. The number of fused-ring (bicyclic) bond motifs is 1. The van der Waals surface area contributed by atoms with Crippen molar-refractivity contribution in [2.75, 3.05) is 5.73 Å². The second-order valence-corrected chi connectivity index (χ2v) is 3.73. The Balaban J connectivity index is 2.88. The summed E-state index contributed by atoms with van der Waals surface area (Å²) < 4.78 is 26.1. The summed E-state index contributed by atoms with van der Waals surface area (Å²) in [6.45, 7) is 3.77. The highest BCUT2D eigenvalue weighted by atomic mass is 19.2. The van der Waals surface area contributed by atoms with Crippen LogP contribution in [0.1, 0.15) is 18.2 Å². The molecule has 0 amide bonds. The zero-order valence-corrected chi connectivity index (χ0v) is 9.14. The monoisotopic (exact) mass is 222 g/mol. The summed E-state index contributed by atoms with van der Waals surface area (Å²) in [5, 5.41) is 0.473. The van der Waals surface area contributed by atoms with E-state index in [1.807, 2.05) is 13.8 Å². The first kappa shape index (κ1) is 10.8. The predicted octanol–water partition coefficient (Wildman–Crippen LogP) is 2.97. The van der Waals surface area contributed by atoms with Gasteiger partial charge in [0.15, 0.2) is 11.6 Å². The van der Waals surface area contributed by atoms with E-state index in [1.54, 1.807) is 0 Å². The molecule has 1 heterocycles. The Morgan fingerprint density at radius 3 is 2.50 bits per heavy atom. The summed E-state index contributed by atoms with van der Waals surface area (Å²) >= 11 is 0. The van der Waals surface area contributed by atoms with Crippen molar-refractivity contribution in [2.24, 2.45) is 0 Å². The maximum absolute atomic E-state index is 13.1. The quantitative estimate of drug-likeness (QED) is 0.805. The number of anilines is 1. The zero-order chi connectivity index (χ0) is 11.9. The standard InChI is InChI=1S/C12H12F2N2/c1-3-7-6(2)16-11-5-10(14)9(13)4-8(11)12(7)15/h4-5H,3H2,1-2H3,(H2,15,16). The van der Waals surface area contributed by atoms with Crippen LogP contribution >= 0.6 is 0 Å². The molecule has 0 saturated heterocycles. The Hall–Kier alpha value is -1.71. The lowest BCUT2D eigenvalue weighted by Gasteiger charge is -2.10. The fourth-order valence-electron chi connectivity index (χ4n) is 1.90. The number of halogens is 2. The molecular formula is C12H12F2N2. The van der Waals surface area contributed by atoms with E-state index in [4.69, 9.17) is 5.73 Å². The molecule has 0 spiro atoms. The van der Waals surface area contributed by atoms with Gasteiger partial charge in [0.25, 0.3) is 0 Å². The number of aromatic nitrogens is 1. The number of rotatable bonds is 1. The average molecular weight is 222 g/mol. The van der Waals surface area contributed by atoms with Crippen molar-refractivity contribution >= 4 is 16.6 Å². The van der Waals surface area contributed by atoms with Gasteiger partial charge < -0.3 is 5.73 Å². The van der Waals surface area contributed by atoms with Gasteiger partial charge in [0.1, 0.15) is 0 Å². The minimum atomic E-state index is -0.900. The van der Waals surface area contributed by atoms with Crippen LogP contribution in [0, 0.1) is 18.6 Å². The molecule has 2 nitrogen and oxygen atoms in total. The number of pyridine rings is 1. The number of benzene rings is 1. The largest absolute Gasteiger partial charge is 0.398 e. The summed E-state index contributed by atoms with van der Waals surface area (Å²) in [4.78, 5) is 4.22. The molecule has 0 aliphatic heterocycles. The van der Waals surface area contributed by atoms with E-state index in [0.29, 0.717) is 16.6 Å². The van der Waals surface area contributed by atoms with E-state index >= 15 is 0 Å². The second kappa shape index (κ2) is 3.70. The third-order valence-electron chi connectivity index (χ3n) is 2.73.